The lowest BCUT2D eigenvalue weighted by Crippen LogP contribution is -2.21. The van der Waals surface area contributed by atoms with E-state index in [-0.39, 0.29) is 27.5 Å². The van der Waals surface area contributed by atoms with Crippen LogP contribution in [0.1, 0.15) is 17.3 Å². The quantitative estimate of drug-likeness (QED) is 0.520. The topological polar surface area (TPSA) is 114 Å². The number of aromatic hydroxyl groups is 1. The van der Waals surface area contributed by atoms with E-state index in [2.05, 4.69) is 4.72 Å². The predicted octanol–water partition coefficient (Wildman–Crippen LogP) is 3.16. The van der Waals surface area contributed by atoms with Crippen LogP contribution >= 0.6 is 11.6 Å². The highest BCUT2D eigenvalue weighted by atomic mass is 35.5. The Labute approximate surface area is 152 Å². The van der Waals surface area contributed by atoms with E-state index in [1.165, 1.54) is 49.4 Å². The van der Waals surface area contributed by atoms with Gasteiger partial charge in [0.15, 0.2) is 11.5 Å². The molecule has 7 nitrogen and oxygen atoms in total. The summed E-state index contributed by atoms with van der Waals surface area (Å²) in [7, 11) is -4.45. The Morgan fingerprint density at radius 1 is 1.15 bits per heavy atom. The van der Waals surface area contributed by atoms with Crippen LogP contribution in [0.4, 0.5) is 5.69 Å². The number of hydrogen-bond acceptors (Lipinski definition) is 6. The predicted molar refractivity (Wildman–Crippen MR) is 96.4 cm³/mol. The van der Waals surface area contributed by atoms with Crippen LogP contribution < -0.4 is 10.3 Å². The van der Waals surface area contributed by atoms with Gasteiger partial charge in [-0.1, -0.05) is 11.6 Å². The van der Waals surface area contributed by atoms with Crippen molar-refractivity contribution >= 4 is 44.1 Å². The van der Waals surface area contributed by atoms with Crippen molar-refractivity contribution in [1.29, 1.82) is 0 Å². The zero-order valence-corrected chi connectivity index (χ0v) is 14.9. The third-order valence-corrected chi connectivity index (χ3v) is 5.25. The molecule has 1 heterocycles. The van der Waals surface area contributed by atoms with Gasteiger partial charge in [0.2, 0.25) is 4.90 Å². The molecule has 0 aliphatic heterocycles. The fraction of sp³-hybridized carbons (Fsp3) is 0.0588. The third-order valence-electron chi connectivity index (χ3n) is 3.61. The van der Waals surface area contributed by atoms with Gasteiger partial charge in [0.25, 0.3) is 10.0 Å². The largest absolute Gasteiger partial charge is 0.505 e. The van der Waals surface area contributed by atoms with Gasteiger partial charge < -0.3 is 9.52 Å². The minimum Gasteiger partial charge on any atom is -0.505 e. The van der Waals surface area contributed by atoms with Crippen molar-refractivity contribution in [3.8, 4) is 5.75 Å². The molecule has 0 saturated heterocycles. The van der Waals surface area contributed by atoms with Gasteiger partial charge in [-0.15, -0.1) is 0 Å². The molecule has 26 heavy (non-hydrogen) atoms. The van der Waals surface area contributed by atoms with Crippen molar-refractivity contribution in [3.63, 3.8) is 0 Å². The molecule has 0 aliphatic rings. The number of rotatable bonds is 4. The highest BCUT2D eigenvalue weighted by Crippen LogP contribution is 2.31. The Morgan fingerprint density at radius 3 is 2.42 bits per heavy atom. The van der Waals surface area contributed by atoms with E-state index in [1.807, 2.05) is 0 Å². The van der Waals surface area contributed by atoms with Crippen molar-refractivity contribution in [2.75, 3.05) is 4.72 Å². The maximum absolute atomic E-state index is 12.6. The number of fused-ring (bicyclic) bond motifs is 1. The van der Waals surface area contributed by atoms with Gasteiger partial charge in [0, 0.05) is 16.3 Å². The van der Waals surface area contributed by atoms with Crippen LogP contribution in [0.5, 0.6) is 5.75 Å². The fourth-order valence-electron chi connectivity index (χ4n) is 2.36. The normalized spacial score (nSPS) is 11.5. The van der Waals surface area contributed by atoms with Crippen LogP contribution in [0.15, 0.2) is 56.6 Å². The van der Waals surface area contributed by atoms with E-state index in [9.17, 15) is 23.1 Å². The molecule has 3 aromatic rings. The molecule has 9 heteroatoms. The molecule has 0 atom stereocenters. The van der Waals surface area contributed by atoms with E-state index in [1.54, 1.807) is 0 Å². The molecule has 0 fully saturated rings. The number of anilines is 1. The van der Waals surface area contributed by atoms with Gasteiger partial charge in [-0.25, -0.2) is 13.2 Å². The first-order valence-corrected chi connectivity index (χ1v) is 9.14. The Hall–Kier alpha value is -2.84. The van der Waals surface area contributed by atoms with Crippen molar-refractivity contribution in [3.05, 3.63) is 63.5 Å². The fourth-order valence-corrected chi connectivity index (χ4v) is 3.70. The molecular formula is C17H12ClNO6S. The molecule has 0 spiro atoms. The van der Waals surface area contributed by atoms with Crippen molar-refractivity contribution in [2.24, 2.45) is 0 Å². The lowest BCUT2D eigenvalue weighted by Gasteiger charge is -2.10. The molecule has 0 unspecified atom stereocenters. The number of ketones is 1. The SMILES string of the molecule is CC(=O)c1ccc(NS(=O)(=O)c2c(O)c3cc(Cl)ccc3oc2=O)cc1. The lowest BCUT2D eigenvalue weighted by molar-refractivity contribution is 0.101. The minimum absolute atomic E-state index is 0.00154. The highest BCUT2D eigenvalue weighted by Gasteiger charge is 2.27. The molecule has 0 amide bonds. The number of benzene rings is 2. The van der Waals surface area contributed by atoms with Crippen LogP contribution in [0.3, 0.4) is 0 Å². The van der Waals surface area contributed by atoms with Crippen molar-refractivity contribution in [2.45, 2.75) is 11.8 Å². The monoisotopic (exact) mass is 393 g/mol. The number of halogens is 1. The second kappa shape index (κ2) is 6.47. The summed E-state index contributed by atoms with van der Waals surface area (Å²) in [5.74, 6) is -0.935. The molecule has 0 bridgehead atoms. The molecular weight excluding hydrogens is 382 g/mol. The number of nitrogens with one attached hydrogen (secondary N) is 1. The minimum atomic E-state index is -4.45. The molecule has 3 rings (SSSR count). The van der Waals surface area contributed by atoms with Gasteiger partial charge in [0.05, 0.1) is 5.39 Å². The van der Waals surface area contributed by atoms with Gasteiger partial charge in [-0.3, -0.25) is 9.52 Å². The Bertz CT molecular complexity index is 1180. The summed E-state index contributed by atoms with van der Waals surface area (Å²) in [6.07, 6.45) is 0. The van der Waals surface area contributed by atoms with E-state index >= 15 is 0 Å². The van der Waals surface area contributed by atoms with Gasteiger partial charge in [0.1, 0.15) is 5.58 Å². The van der Waals surface area contributed by atoms with E-state index in [0.29, 0.717) is 5.56 Å². The standard InChI is InChI=1S/C17H12ClNO6S/c1-9(20)10-2-5-12(6-3-10)19-26(23,24)16-15(21)13-8-11(18)4-7-14(13)25-17(16)22/h2-8,19,21H,1H3. The van der Waals surface area contributed by atoms with Crippen LogP contribution in [-0.2, 0) is 10.0 Å². The van der Waals surface area contributed by atoms with Crippen LogP contribution in [0.25, 0.3) is 11.0 Å². The summed E-state index contributed by atoms with van der Waals surface area (Å²) in [6.45, 7) is 1.38. The van der Waals surface area contributed by atoms with Crippen molar-refractivity contribution in [1.82, 2.24) is 0 Å². The average molecular weight is 394 g/mol. The van der Waals surface area contributed by atoms with E-state index in [0.717, 1.165) is 0 Å². The van der Waals surface area contributed by atoms with Gasteiger partial charge >= 0.3 is 5.63 Å². The Morgan fingerprint density at radius 2 is 1.81 bits per heavy atom. The molecule has 0 saturated carbocycles. The molecule has 0 aliphatic carbocycles. The van der Waals surface area contributed by atoms with Gasteiger partial charge in [-0.05, 0) is 49.4 Å². The highest BCUT2D eigenvalue weighted by molar-refractivity contribution is 7.92. The zero-order chi connectivity index (χ0) is 19.1. The van der Waals surface area contributed by atoms with Crippen LogP contribution in [0, 0.1) is 0 Å². The number of carbonyl (C=O) groups is 1. The Balaban J connectivity index is 2.09. The van der Waals surface area contributed by atoms with Crippen molar-refractivity contribution < 1.29 is 22.7 Å². The summed E-state index contributed by atoms with van der Waals surface area (Å²) >= 11 is 5.84. The second-order valence-corrected chi connectivity index (χ2v) is 7.50. The van der Waals surface area contributed by atoms with Gasteiger partial charge in [-0.2, -0.15) is 0 Å². The zero-order valence-electron chi connectivity index (χ0n) is 13.3. The molecule has 2 aromatic carbocycles. The molecule has 0 radical (unpaired) electrons. The first-order chi connectivity index (χ1) is 12.2. The summed E-state index contributed by atoms with van der Waals surface area (Å²) < 4.78 is 32.3. The summed E-state index contributed by atoms with van der Waals surface area (Å²) in [5.41, 5.74) is -0.706. The van der Waals surface area contributed by atoms with E-state index < -0.39 is 26.3 Å². The van der Waals surface area contributed by atoms with Crippen LogP contribution in [-0.4, -0.2) is 19.3 Å². The molecule has 1 aromatic heterocycles. The molecule has 2 N–H and O–H groups in total. The van der Waals surface area contributed by atoms with E-state index in [4.69, 9.17) is 16.0 Å². The average Bonchev–Trinajstić information content (AvgIpc) is 2.55. The number of Topliss-reactive ketones (excluding diaryl/α,β-unsaturated/α-hetero) is 1. The maximum Gasteiger partial charge on any atom is 0.361 e. The number of carbonyl (C=O) groups excluding carboxylic acids is 1. The van der Waals surface area contributed by atoms with Crippen LogP contribution in [0.2, 0.25) is 5.02 Å². The Kier molecular flexibility index (Phi) is 4.47. The number of hydrogen-bond donors (Lipinski definition) is 2. The smallest absolute Gasteiger partial charge is 0.361 e. The second-order valence-electron chi connectivity index (χ2n) is 5.45. The molecule has 134 valence electrons. The maximum atomic E-state index is 12.6. The third kappa shape index (κ3) is 3.29. The number of sulfonamides is 1. The summed E-state index contributed by atoms with van der Waals surface area (Å²) in [4.78, 5) is 22.4. The lowest BCUT2D eigenvalue weighted by atomic mass is 10.1. The summed E-state index contributed by atoms with van der Waals surface area (Å²) in [5, 5.41) is 10.5. The first kappa shape index (κ1) is 18.0. The first-order valence-electron chi connectivity index (χ1n) is 7.28. The summed E-state index contributed by atoms with van der Waals surface area (Å²) in [6, 6.07) is 9.68.